The van der Waals surface area contributed by atoms with Crippen LogP contribution in [0, 0.1) is 21.7 Å². The lowest BCUT2D eigenvalue weighted by Crippen LogP contribution is -2.60. The van der Waals surface area contributed by atoms with E-state index in [9.17, 15) is 5.21 Å². The van der Waals surface area contributed by atoms with Gasteiger partial charge in [0.25, 0.3) is 0 Å². The number of hydrogen-bond donors (Lipinski definition) is 1. The third-order valence-corrected chi connectivity index (χ3v) is 5.77. The van der Waals surface area contributed by atoms with E-state index in [-0.39, 0.29) is 5.41 Å². The molecule has 0 radical (unpaired) electrons. The average molecular weight is 235 g/mol. The highest BCUT2D eigenvalue weighted by Gasteiger charge is 2.64. The molecule has 96 valence electrons. The fraction of sp³-hybridized carbons (Fsp3) is 0.933. The third-order valence-electron chi connectivity index (χ3n) is 5.77. The minimum atomic E-state index is 0.196. The van der Waals surface area contributed by atoms with Crippen LogP contribution in [0.1, 0.15) is 66.2 Å². The molecule has 0 aliphatic heterocycles. The molecule has 4 saturated carbocycles. The molecule has 2 heteroatoms. The van der Waals surface area contributed by atoms with Crippen LogP contribution in [0.5, 0.6) is 0 Å². The maximum absolute atomic E-state index is 9.23. The first-order valence-electron chi connectivity index (χ1n) is 6.92. The van der Waals surface area contributed by atoms with Crippen molar-refractivity contribution in [2.45, 2.75) is 66.2 Å². The summed E-state index contributed by atoms with van der Waals surface area (Å²) < 4.78 is 0. The lowest BCUT2D eigenvalue weighted by Gasteiger charge is -2.69. The highest BCUT2D eigenvalue weighted by atomic mass is 16.4. The van der Waals surface area contributed by atoms with Crippen molar-refractivity contribution in [2.24, 2.45) is 26.8 Å². The normalized spacial score (nSPS) is 57.5. The van der Waals surface area contributed by atoms with E-state index in [2.05, 4.69) is 25.9 Å². The Kier molecular flexibility index (Phi) is 1.97. The van der Waals surface area contributed by atoms with Gasteiger partial charge in [0, 0.05) is 5.41 Å². The SMILES string of the molecule is C/C(=N\O)C12CC3(C)CC(C)(CC(C)(C3)C1)C2. The zero-order chi connectivity index (χ0) is 12.5. The van der Waals surface area contributed by atoms with Crippen LogP contribution in [-0.4, -0.2) is 10.9 Å². The zero-order valence-electron chi connectivity index (χ0n) is 11.6. The topological polar surface area (TPSA) is 32.6 Å². The maximum atomic E-state index is 9.23. The van der Waals surface area contributed by atoms with Gasteiger partial charge in [-0.2, -0.15) is 0 Å². The molecule has 4 aliphatic rings. The van der Waals surface area contributed by atoms with Crippen molar-refractivity contribution < 1.29 is 5.21 Å². The van der Waals surface area contributed by atoms with E-state index in [1.54, 1.807) is 0 Å². The molecule has 4 fully saturated rings. The largest absolute Gasteiger partial charge is 0.411 e. The Morgan fingerprint density at radius 1 is 0.824 bits per heavy atom. The van der Waals surface area contributed by atoms with Gasteiger partial charge in [-0.3, -0.25) is 0 Å². The van der Waals surface area contributed by atoms with Gasteiger partial charge in [0.05, 0.1) is 5.71 Å². The molecule has 0 spiro atoms. The van der Waals surface area contributed by atoms with Gasteiger partial charge in [-0.1, -0.05) is 25.9 Å². The molecule has 0 heterocycles. The Balaban J connectivity index is 2.10. The van der Waals surface area contributed by atoms with Gasteiger partial charge in [-0.25, -0.2) is 0 Å². The van der Waals surface area contributed by atoms with Crippen LogP contribution in [0.4, 0.5) is 0 Å². The summed E-state index contributed by atoms with van der Waals surface area (Å²) in [5, 5.41) is 12.8. The second kappa shape index (κ2) is 2.89. The van der Waals surface area contributed by atoms with Crippen LogP contribution in [-0.2, 0) is 0 Å². The second-order valence-electron chi connectivity index (χ2n) is 8.46. The smallest absolute Gasteiger partial charge is 0.0602 e. The number of nitrogens with zero attached hydrogens (tertiary/aromatic N) is 1. The van der Waals surface area contributed by atoms with E-state index in [1.165, 1.54) is 38.5 Å². The van der Waals surface area contributed by atoms with Crippen LogP contribution >= 0.6 is 0 Å². The lowest BCUT2D eigenvalue weighted by molar-refractivity contribution is -0.158. The van der Waals surface area contributed by atoms with Crippen LogP contribution < -0.4 is 0 Å². The molecule has 4 rings (SSSR count). The summed E-state index contributed by atoms with van der Waals surface area (Å²) in [7, 11) is 0. The van der Waals surface area contributed by atoms with Crippen LogP contribution in [0.25, 0.3) is 0 Å². The monoisotopic (exact) mass is 235 g/mol. The van der Waals surface area contributed by atoms with Crippen molar-refractivity contribution in [3.05, 3.63) is 0 Å². The predicted octanol–water partition coefficient (Wildman–Crippen LogP) is 4.22. The maximum Gasteiger partial charge on any atom is 0.0602 e. The predicted molar refractivity (Wildman–Crippen MR) is 69.4 cm³/mol. The minimum Gasteiger partial charge on any atom is -0.411 e. The molecule has 0 atom stereocenters. The first-order chi connectivity index (χ1) is 7.72. The van der Waals surface area contributed by atoms with E-state index >= 15 is 0 Å². The lowest BCUT2D eigenvalue weighted by atomic mass is 9.36. The van der Waals surface area contributed by atoms with E-state index in [0.29, 0.717) is 16.2 Å². The molecule has 0 amide bonds. The Labute approximate surface area is 104 Å². The summed E-state index contributed by atoms with van der Waals surface area (Å²) in [6.07, 6.45) is 7.82. The summed E-state index contributed by atoms with van der Waals surface area (Å²) in [5.41, 5.74) is 2.61. The van der Waals surface area contributed by atoms with E-state index < -0.39 is 0 Å². The van der Waals surface area contributed by atoms with Gasteiger partial charge in [-0.15, -0.1) is 0 Å². The van der Waals surface area contributed by atoms with Crippen LogP contribution in [0.3, 0.4) is 0 Å². The van der Waals surface area contributed by atoms with Crippen molar-refractivity contribution >= 4 is 5.71 Å². The van der Waals surface area contributed by atoms with E-state index in [1.807, 2.05) is 6.92 Å². The van der Waals surface area contributed by atoms with Crippen molar-refractivity contribution in [1.29, 1.82) is 0 Å². The van der Waals surface area contributed by atoms with Gasteiger partial charge in [-0.05, 0) is 61.7 Å². The minimum absolute atomic E-state index is 0.196. The van der Waals surface area contributed by atoms with Gasteiger partial charge in [0.2, 0.25) is 0 Å². The molecule has 0 unspecified atom stereocenters. The van der Waals surface area contributed by atoms with Crippen LogP contribution in [0.2, 0.25) is 0 Å². The van der Waals surface area contributed by atoms with Crippen LogP contribution in [0.15, 0.2) is 5.16 Å². The molecular formula is C15H25NO. The molecule has 17 heavy (non-hydrogen) atoms. The molecule has 0 saturated heterocycles. The van der Waals surface area contributed by atoms with Gasteiger partial charge in [0.15, 0.2) is 0 Å². The molecule has 4 aliphatic carbocycles. The Bertz CT molecular complexity index is 344. The summed E-state index contributed by atoms with van der Waals surface area (Å²) >= 11 is 0. The summed E-state index contributed by atoms with van der Waals surface area (Å²) in [6.45, 7) is 9.41. The van der Waals surface area contributed by atoms with Gasteiger partial charge < -0.3 is 5.21 Å². The van der Waals surface area contributed by atoms with E-state index in [0.717, 1.165) is 5.71 Å². The number of hydrogen-bond acceptors (Lipinski definition) is 2. The molecule has 0 aromatic carbocycles. The molecule has 2 nitrogen and oxygen atoms in total. The Hall–Kier alpha value is -0.530. The molecule has 4 bridgehead atoms. The second-order valence-corrected chi connectivity index (χ2v) is 8.46. The highest BCUT2D eigenvalue weighted by Crippen LogP contribution is 2.73. The van der Waals surface area contributed by atoms with E-state index in [4.69, 9.17) is 0 Å². The molecule has 0 aromatic heterocycles. The van der Waals surface area contributed by atoms with Gasteiger partial charge in [0.1, 0.15) is 0 Å². The van der Waals surface area contributed by atoms with Gasteiger partial charge >= 0.3 is 0 Å². The zero-order valence-corrected chi connectivity index (χ0v) is 11.6. The van der Waals surface area contributed by atoms with Crippen molar-refractivity contribution in [2.75, 3.05) is 0 Å². The number of oxime groups is 1. The first-order valence-corrected chi connectivity index (χ1v) is 6.92. The molecular weight excluding hydrogens is 210 g/mol. The van der Waals surface area contributed by atoms with Crippen molar-refractivity contribution in [3.8, 4) is 0 Å². The highest BCUT2D eigenvalue weighted by molar-refractivity contribution is 5.88. The molecule has 0 aromatic rings. The first kappa shape index (κ1) is 11.6. The average Bonchev–Trinajstić information content (AvgIpc) is 2.08. The summed E-state index contributed by atoms with van der Waals surface area (Å²) in [4.78, 5) is 0. The Morgan fingerprint density at radius 3 is 1.47 bits per heavy atom. The third kappa shape index (κ3) is 1.49. The number of rotatable bonds is 1. The molecule has 1 N–H and O–H groups in total. The fourth-order valence-corrected chi connectivity index (χ4v) is 6.78. The van der Waals surface area contributed by atoms with Crippen molar-refractivity contribution in [3.63, 3.8) is 0 Å². The summed E-state index contributed by atoms with van der Waals surface area (Å²) in [6, 6.07) is 0. The summed E-state index contributed by atoms with van der Waals surface area (Å²) in [5.74, 6) is 0. The van der Waals surface area contributed by atoms with Crippen molar-refractivity contribution in [1.82, 2.24) is 0 Å². The fourth-order valence-electron chi connectivity index (χ4n) is 6.78. The quantitative estimate of drug-likeness (QED) is 0.412. The standard InChI is InChI=1S/C15H25NO/c1-11(16-17)15-8-12(2)5-13(3,9-15)7-14(4,6-12)10-15/h17H,5-10H2,1-4H3/b16-11+. The Morgan fingerprint density at radius 2 is 1.18 bits per heavy atom.